The van der Waals surface area contributed by atoms with E-state index in [-0.39, 0.29) is 10.9 Å². The van der Waals surface area contributed by atoms with Gasteiger partial charge in [-0.15, -0.1) is 0 Å². The van der Waals surface area contributed by atoms with Gasteiger partial charge in [0.1, 0.15) is 5.82 Å². The van der Waals surface area contributed by atoms with Crippen LogP contribution in [-0.4, -0.2) is 19.6 Å². The smallest absolute Gasteiger partial charge is 0.248 e. The van der Waals surface area contributed by atoms with Gasteiger partial charge < -0.3 is 14.8 Å². The zero-order chi connectivity index (χ0) is 18.2. The molecule has 0 bridgehead atoms. The van der Waals surface area contributed by atoms with Gasteiger partial charge in [0.15, 0.2) is 11.5 Å². The summed E-state index contributed by atoms with van der Waals surface area (Å²) in [5, 5.41) is 2.73. The lowest BCUT2D eigenvalue weighted by Crippen LogP contribution is -2.08. The van der Waals surface area contributed by atoms with Gasteiger partial charge in [0.25, 0.3) is 0 Å². The summed E-state index contributed by atoms with van der Waals surface area (Å²) >= 11 is 5.88. The Balaban J connectivity index is 2.06. The minimum absolute atomic E-state index is 0.140. The maximum atomic E-state index is 13.0. The van der Waals surface area contributed by atoms with Gasteiger partial charge in [-0.1, -0.05) is 24.6 Å². The number of carbonyl (C=O) groups excluding carboxylic acids is 1. The summed E-state index contributed by atoms with van der Waals surface area (Å²) in [4.78, 5) is 12.0. The summed E-state index contributed by atoms with van der Waals surface area (Å²) < 4.78 is 23.9. The Kier molecular flexibility index (Phi) is 6.83. The highest BCUT2D eigenvalue weighted by molar-refractivity contribution is 6.33. The fourth-order valence-electron chi connectivity index (χ4n) is 2.06. The lowest BCUT2D eigenvalue weighted by molar-refractivity contribution is -0.111. The van der Waals surface area contributed by atoms with Gasteiger partial charge >= 0.3 is 0 Å². The molecule has 0 unspecified atom stereocenters. The normalized spacial score (nSPS) is 10.7. The van der Waals surface area contributed by atoms with Crippen LogP contribution in [0.15, 0.2) is 42.5 Å². The zero-order valence-corrected chi connectivity index (χ0v) is 14.8. The van der Waals surface area contributed by atoms with E-state index in [2.05, 4.69) is 5.32 Å². The summed E-state index contributed by atoms with van der Waals surface area (Å²) in [5.74, 6) is 0.413. The van der Waals surface area contributed by atoms with Crippen LogP contribution in [0.25, 0.3) is 6.08 Å². The van der Waals surface area contributed by atoms with Crippen LogP contribution in [0.1, 0.15) is 18.9 Å². The highest BCUT2D eigenvalue weighted by atomic mass is 35.5. The van der Waals surface area contributed by atoms with Crippen molar-refractivity contribution in [3.8, 4) is 11.5 Å². The minimum atomic E-state index is -0.462. The lowest BCUT2D eigenvalue weighted by atomic mass is 10.2. The SMILES string of the molecule is CCCOc1ccc(/C=C/C(=O)Nc2ccc(F)cc2Cl)cc1OC. The second-order valence-electron chi connectivity index (χ2n) is 5.21. The molecule has 4 nitrogen and oxygen atoms in total. The number of anilines is 1. The third kappa shape index (κ3) is 5.50. The Labute approximate surface area is 151 Å². The molecule has 0 spiro atoms. The molecule has 0 saturated carbocycles. The fraction of sp³-hybridized carbons (Fsp3) is 0.211. The zero-order valence-electron chi connectivity index (χ0n) is 14.0. The van der Waals surface area contributed by atoms with Crippen molar-refractivity contribution in [3.63, 3.8) is 0 Å². The summed E-state index contributed by atoms with van der Waals surface area (Å²) in [6, 6.07) is 9.17. The first-order valence-corrected chi connectivity index (χ1v) is 8.16. The first-order chi connectivity index (χ1) is 12.0. The Bertz CT molecular complexity index is 777. The molecule has 1 N–H and O–H groups in total. The Morgan fingerprint density at radius 2 is 2.04 bits per heavy atom. The largest absolute Gasteiger partial charge is 0.493 e. The van der Waals surface area contributed by atoms with E-state index >= 15 is 0 Å². The van der Waals surface area contributed by atoms with Crippen LogP contribution in [0.3, 0.4) is 0 Å². The number of rotatable bonds is 7. The van der Waals surface area contributed by atoms with Crippen LogP contribution < -0.4 is 14.8 Å². The number of hydrogen-bond donors (Lipinski definition) is 1. The molecule has 0 heterocycles. The van der Waals surface area contributed by atoms with Crippen molar-refractivity contribution in [2.24, 2.45) is 0 Å². The van der Waals surface area contributed by atoms with E-state index in [1.807, 2.05) is 13.0 Å². The van der Waals surface area contributed by atoms with Gasteiger partial charge in [0.05, 0.1) is 24.4 Å². The molecule has 25 heavy (non-hydrogen) atoms. The summed E-state index contributed by atoms with van der Waals surface area (Å²) in [5.41, 5.74) is 1.12. The molecule has 0 aromatic heterocycles. The number of halogens is 2. The Morgan fingerprint density at radius 1 is 1.24 bits per heavy atom. The predicted octanol–water partition coefficient (Wildman–Crippen LogP) is 4.93. The van der Waals surface area contributed by atoms with Crippen LogP contribution in [0, 0.1) is 5.82 Å². The molecule has 0 fully saturated rings. The molecular weight excluding hydrogens is 345 g/mol. The minimum Gasteiger partial charge on any atom is -0.493 e. The molecule has 2 aromatic carbocycles. The maximum Gasteiger partial charge on any atom is 0.248 e. The van der Waals surface area contributed by atoms with Crippen LogP contribution in [0.4, 0.5) is 10.1 Å². The van der Waals surface area contributed by atoms with E-state index in [0.717, 1.165) is 18.1 Å². The maximum absolute atomic E-state index is 13.0. The fourth-order valence-corrected chi connectivity index (χ4v) is 2.27. The standard InChI is InChI=1S/C19H19ClFNO3/c1-3-10-25-17-8-4-13(11-18(17)24-2)5-9-19(23)22-16-7-6-14(21)12-15(16)20/h4-9,11-12H,3,10H2,1-2H3,(H,22,23)/b9-5+. The van der Waals surface area contributed by atoms with E-state index in [1.165, 1.54) is 18.2 Å². The monoisotopic (exact) mass is 363 g/mol. The number of methoxy groups -OCH3 is 1. The number of benzene rings is 2. The van der Waals surface area contributed by atoms with Crippen molar-refractivity contribution in [2.75, 3.05) is 19.0 Å². The Hall–Kier alpha value is -2.53. The molecular formula is C19H19ClFNO3. The van der Waals surface area contributed by atoms with Gasteiger partial charge in [-0.3, -0.25) is 4.79 Å². The average Bonchev–Trinajstić information content (AvgIpc) is 2.60. The van der Waals surface area contributed by atoms with E-state index in [9.17, 15) is 9.18 Å². The highest BCUT2D eigenvalue weighted by Crippen LogP contribution is 2.28. The van der Waals surface area contributed by atoms with Gasteiger partial charge in [0, 0.05) is 6.08 Å². The van der Waals surface area contributed by atoms with E-state index in [4.69, 9.17) is 21.1 Å². The van der Waals surface area contributed by atoms with Gasteiger partial charge in [-0.2, -0.15) is 0 Å². The van der Waals surface area contributed by atoms with Gasteiger partial charge in [-0.05, 0) is 48.4 Å². The van der Waals surface area contributed by atoms with Crippen molar-refractivity contribution in [2.45, 2.75) is 13.3 Å². The molecule has 0 saturated heterocycles. The molecule has 0 atom stereocenters. The summed E-state index contributed by atoms with van der Waals surface area (Å²) in [7, 11) is 1.56. The van der Waals surface area contributed by atoms with Crippen LogP contribution >= 0.6 is 11.6 Å². The second-order valence-corrected chi connectivity index (χ2v) is 5.61. The van der Waals surface area contributed by atoms with Crippen molar-refractivity contribution >= 4 is 29.3 Å². The molecule has 0 aliphatic rings. The van der Waals surface area contributed by atoms with Crippen molar-refractivity contribution in [3.05, 3.63) is 58.9 Å². The van der Waals surface area contributed by atoms with Gasteiger partial charge in [-0.25, -0.2) is 4.39 Å². The molecule has 2 rings (SSSR count). The van der Waals surface area contributed by atoms with Crippen molar-refractivity contribution in [1.82, 2.24) is 0 Å². The third-order valence-electron chi connectivity index (χ3n) is 3.27. The molecule has 6 heteroatoms. The lowest BCUT2D eigenvalue weighted by Gasteiger charge is -2.10. The topological polar surface area (TPSA) is 47.6 Å². The number of nitrogens with one attached hydrogen (secondary N) is 1. The third-order valence-corrected chi connectivity index (χ3v) is 3.58. The number of carbonyl (C=O) groups is 1. The van der Waals surface area contributed by atoms with Crippen LogP contribution in [0.5, 0.6) is 11.5 Å². The number of ether oxygens (including phenoxy) is 2. The molecule has 0 aliphatic heterocycles. The average molecular weight is 364 g/mol. The van der Waals surface area contributed by atoms with Crippen molar-refractivity contribution < 1.29 is 18.7 Å². The molecule has 0 radical (unpaired) electrons. The van der Waals surface area contributed by atoms with Crippen molar-refractivity contribution in [1.29, 1.82) is 0 Å². The predicted molar refractivity (Wildman–Crippen MR) is 97.9 cm³/mol. The highest BCUT2D eigenvalue weighted by Gasteiger charge is 2.06. The van der Waals surface area contributed by atoms with Gasteiger partial charge in [0.2, 0.25) is 5.91 Å². The number of amides is 1. The molecule has 1 amide bonds. The van der Waals surface area contributed by atoms with E-state index in [0.29, 0.717) is 23.8 Å². The summed E-state index contributed by atoms with van der Waals surface area (Å²) in [6.45, 7) is 2.63. The quantitative estimate of drug-likeness (QED) is 0.709. The molecule has 132 valence electrons. The number of hydrogen-bond acceptors (Lipinski definition) is 3. The second kappa shape index (κ2) is 9.08. The molecule has 2 aromatic rings. The van der Waals surface area contributed by atoms with E-state index in [1.54, 1.807) is 25.3 Å². The van der Waals surface area contributed by atoms with Crippen LogP contribution in [-0.2, 0) is 4.79 Å². The first kappa shape index (κ1) is 18.8. The van der Waals surface area contributed by atoms with E-state index < -0.39 is 5.82 Å². The first-order valence-electron chi connectivity index (χ1n) is 7.78. The molecule has 0 aliphatic carbocycles. The van der Waals surface area contributed by atoms with Crippen LogP contribution in [0.2, 0.25) is 5.02 Å². The summed E-state index contributed by atoms with van der Waals surface area (Å²) in [6.07, 6.45) is 3.90. The Morgan fingerprint density at radius 3 is 2.72 bits per heavy atom.